The van der Waals surface area contributed by atoms with Crippen LogP contribution in [0.5, 0.6) is 0 Å². The summed E-state index contributed by atoms with van der Waals surface area (Å²) in [7, 11) is 0. The normalized spacial score (nSPS) is 15.9. The molecule has 1 rings (SSSR count). The highest BCUT2D eigenvalue weighted by atomic mass is 15.2. The molecule has 0 aliphatic heterocycles. The Morgan fingerprint density at radius 3 is 1.95 bits per heavy atom. The van der Waals surface area contributed by atoms with Crippen molar-refractivity contribution in [2.24, 2.45) is 5.73 Å². The van der Waals surface area contributed by atoms with Gasteiger partial charge in [-0.1, -0.05) is 64.4 Å². The monoisotopic (exact) mass is 290 g/mol. The Labute approximate surface area is 131 Å². The molecule has 2 unspecified atom stereocenters. The summed E-state index contributed by atoms with van der Waals surface area (Å²) in [6, 6.07) is 11.1. The van der Waals surface area contributed by atoms with E-state index >= 15 is 0 Å². The van der Waals surface area contributed by atoms with Crippen molar-refractivity contribution in [3.05, 3.63) is 35.9 Å². The molecule has 0 fully saturated rings. The van der Waals surface area contributed by atoms with Crippen molar-refractivity contribution in [1.29, 1.82) is 0 Å². The molecule has 0 spiro atoms. The van der Waals surface area contributed by atoms with Gasteiger partial charge in [-0.15, -0.1) is 0 Å². The SMILES string of the molecule is CCCN(CCC)C(CC)C(N)(CCC)c1ccccc1. The molecule has 0 radical (unpaired) electrons. The van der Waals surface area contributed by atoms with Gasteiger partial charge in [0, 0.05) is 6.04 Å². The third-order valence-corrected chi connectivity index (χ3v) is 4.42. The maximum atomic E-state index is 7.00. The topological polar surface area (TPSA) is 29.3 Å². The van der Waals surface area contributed by atoms with Gasteiger partial charge in [-0.25, -0.2) is 0 Å². The van der Waals surface area contributed by atoms with Gasteiger partial charge >= 0.3 is 0 Å². The molecule has 2 N–H and O–H groups in total. The van der Waals surface area contributed by atoms with E-state index in [1.807, 2.05) is 0 Å². The van der Waals surface area contributed by atoms with Gasteiger partial charge in [0.05, 0.1) is 5.54 Å². The third-order valence-electron chi connectivity index (χ3n) is 4.42. The minimum atomic E-state index is -0.241. The zero-order chi connectivity index (χ0) is 15.7. The van der Waals surface area contributed by atoms with Crippen molar-refractivity contribution in [3.8, 4) is 0 Å². The van der Waals surface area contributed by atoms with Crippen LogP contribution < -0.4 is 5.73 Å². The number of nitrogens with two attached hydrogens (primary N) is 1. The molecule has 1 aromatic carbocycles. The largest absolute Gasteiger partial charge is 0.320 e. The molecule has 2 heteroatoms. The third kappa shape index (κ3) is 4.55. The molecule has 1 aromatic rings. The van der Waals surface area contributed by atoms with Crippen molar-refractivity contribution < 1.29 is 0 Å². The van der Waals surface area contributed by atoms with E-state index in [1.54, 1.807) is 0 Å². The molecule has 2 atom stereocenters. The molecule has 0 bridgehead atoms. The Morgan fingerprint density at radius 1 is 0.952 bits per heavy atom. The zero-order valence-electron chi connectivity index (χ0n) is 14.4. The van der Waals surface area contributed by atoms with Crippen LogP contribution in [0, 0.1) is 0 Å². The first-order valence-corrected chi connectivity index (χ1v) is 8.72. The molecule has 0 aliphatic carbocycles. The summed E-state index contributed by atoms with van der Waals surface area (Å²) in [6.07, 6.45) is 5.64. The van der Waals surface area contributed by atoms with Crippen LogP contribution in [0.2, 0.25) is 0 Å². The van der Waals surface area contributed by atoms with Crippen molar-refractivity contribution in [2.45, 2.75) is 71.4 Å². The first-order valence-electron chi connectivity index (χ1n) is 8.72. The molecule has 0 heterocycles. The Balaban J connectivity index is 3.14. The number of hydrogen-bond donors (Lipinski definition) is 1. The molecule has 0 amide bonds. The lowest BCUT2D eigenvalue weighted by Crippen LogP contribution is -2.56. The summed E-state index contributed by atoms with van der Waals surface area (Å²) >= 11 is 0. The van der Waals surface area contributed by atoms with Crippen molar-refractivity contribution in [2.75, 3.05) is 13.1 Å². The standard InChI is InChI=1S/C19H34N2/c1-5-14-19(20,17-12-10-9-11-13-17)18(8-4)21(15-6-2)16-7-3/h9-13,18H,5-8,14-16,20H2,1-4H3. The predicted molar refractivity (Wildman–Crippen MR) is 93.4 cm³/mol. The van der Waals surface area contributed by atoms with E-state index in [0.29, 0.717) is 6.04 Å². The van der Waals surface area contributed by atoms with E-state index < -0.39 is 0 Å². The maximum absolute atomic E-state index is 7.00. The van der Waals surface area contributed by atoms with Gasteiger partial charge in [0.15, 0.2) is 0 Å². The van der Waals surface area contributed by atoms with Crippen LogP contribution in [0.1, 0.15) is 65.4 Å². The van der Waals surface area contributed by atoms with Gasteiger partial charge in [0.2, 0.25) is 0 Å². The highest BCUT2D eigenvalue weighted by molar-refractivity contribution is 5.26. The van der Waals surface area contributed by atoms with Gasteiger partial charge in [-0.05, 0) is 44.3 Å². The highest BCUT2D eigenvalue weighted by Gasteiger charge is 2.37. The Kier molecular flexibility index (Phi) is 7.98. The van der Waals surface area contributed by atoms with Crippen LogP contribution in [-0.4, -0.2) is 24.0 Å². The Morgan fingerprint density at radius 2 is 1.52 bits per heavy atom. The van der Waals surface area contributed by atoms with Crippen molar-refractivity contribution >= 4 is 0 Å². The van der Waals surface area contributed by atoms with Crippen LogP contribution in [-0.2, 0) is 5.54 Å². The summed E-state index contributed by atoms with van der Waals surface area (Å²) in [5.41, 5.74) is 8.05. The van der Waals surface area contributed by atoms with E-state index in [-0.39, 0.29) is 5.54 Å². The smallest absolute Gasteiger partial charge is 0.0567 e. The van der Waals surface area contributed by atoms with E-state index in [4.69, 9.17) is 5.73 Å². The number of hydrogen-bond acceptors (Lipinski definition) is 2. The van der Waals surface area contributed by atoms with Gasteiger partial charge in [-0.3, -0.25) is 4.90 Å². The molecule has 2 nitrogen and oxygen atoms in total. The Hall–Kier alpha value is -0.860. The lowest BCUT2D eigenvalue weighted by atomic mass is 9.78. The number of rotatable bonds is 10. The van der Waals surface area contributed by atoms with Gasteiger partial charge in [0.25, 0.3) is 0 Å². The lowest BCUT2D eigenvalue weighted by molar-refractivity contribution is 0.106. The summed E-state index contributed by atoms with van der Waals surface area (Å²) in [4.78, 5) is 2.61. The lowest BCUT2D eigenvalue weighted by Gasteiger charge is -2.44. The molecule has 0 aromatic heterocycles. The van der Waals surface area contributed by atoms with Crippen molar-refractivity contribution in [1.82, 2.24) is 4.90 Å². The average Bonchev–Trinajstić information content (AvgIpc) is 2.49. The fraction of sp³-hybridized carbons (Fsp3) is 0.684. The summed E-state index contributed by atoms with van der Waals surface area (Å²) < 4.78 is 0. The van der Waals surface area contributed by atoms with Crippen LogP contribution in [0.25, 0.3) is 0 Å². The molecule has 0 saturated heterocycles. The second kappa shape index (κ2) is 9.22. The minimum absolute atomic E-state index is 0.241. The summed E-state index contributed by atoms with van der Waals surface area (Å²) in [6.45, 7) is 11.3. The fourth-order valence-electron chi connectivity index (χ4n) is 3.61. The molecular weight excluding hydrogens is 256 g/mol. The second-order valence-corrected chi connectivity index (χ2v) is 6.12. The number of nitrogens with zero attached hydrogens (tertiary/aromatic N) is 1. The summed E-state index contributed by atoms with van der Waals surface area (Å²) in [5.74, 6) is 0. The molecule has 21 heavy (non-hydrogen) atoms. The molecule has 0 aliphatic rings. The zero-order valence-corrected chi connectivity index (χ0v) is 14.4. The first-order chi connectivity index (χ1) is 10.1. The minimum Gasteiger partial charge on any atom is -0.320 e. The van der Waals surface area contributed by atoms with Crippen LogP contribution >= 0.6 is 0 Å². The van der Waals surface area contributed by atoms with Crippen LogP contribution in [0.3, 0.4) is 0 Å². The Bertz CT molecular complexity index is 370. The average molecular weight is 290 g/mol. The summed E-state index contributed by atoms with van der Waals surface area (Å²) in [5, 5.41) is 0. The van der Waals surface area contributed by atoms with Gasteiger partial charge in [0.1, 0.15) is 0 Å². The molecule has 0 saturated carbocycles. The van der Waals surface area contributed by atoms with Gasteiger partial charge < -0.3 is 5.73 Å². The predicted octanol–water partition coefficient (Wildman–Crippen LogP) is 4.54. The fourth-order valence-corrected chi connectivity index (χ4v) is 3.61. The van der Waals surface area contributed by atoms with E-state index in [9.17, 15) is 0 Å². The highest BCUT2D eigenvalue weighted by Crippen LogP contribution is 2.32. The number of benzene rings is 1. The van der Waals surface area contributed by atoms with Crippen molar-refractivity contribution in [3.63, 3.8) is 0 Å². The first kappa shape index (κ1) is 18.2. The molecular formula is C19H34N2. The van der Waals surface area contributed by atoms with E-state index in [0.717, 1.165) is 32.4 Å². The van der Waals surface area contributed by atoms with E-state index in [1.165, 1.54) is 18.4 Å². The maximum Gasteiger partial charge on any atom is 0.0567 e. The van der Waals surface area contributed by atoms with E-state index in [2.05, 4.69) is 62.9 Å². The quantitative estimate of drug-likeness (QED) is 0.685. The molecule has 120 valence electrons. The second-order valence-electron chi connectivity index (χ2n) is 6.12. The van der Waals surface area contributed by atoms with Crippen LogP contribution in [0.15, 0.2) is 30.3 Å². The van der Waals surface area contributed by atoms with Gasteiger partial charge in [-0.2, -0.15) is 0 Å². The van der Waals surface area contributed by atoms with Crippen LogP contribution in [0.4, 0.5) is 0 Å².